The molecule has 0 bridgehead atoms. The molecule has 7 nitrogen and oxygen atoms in total. The molecule has 0 unspecified atom stereocenters. The molecule has 1 atom stereocenters. The van der Waals surface area contributed by atoms with Crippen LogP contribution in [0.3, 0.4) is 0 Å². The van der Waals surface area contributed by atoms with Crippen LogP contribution in [0.2, 0.25) is 0 Å². The molecule has 3 aromatic rings. The molecule has 5 rings (SSSR count). The number of nitrogens with two attached hydrogens (primary N) is 1. The summed E-state index contributed by atoms with van der Waals surface area (Å²) in [6.07, 6.45) is 6.08. The van der Waals surface area contributed by atoms with E-state index in [0.717, 1.165) is 67.2 Å². The fourth-order valence-corrected chi connectivity index (χ4v) is 6.55. The minimum absolute atomic E-state index is 0.00237. The number of likely N-dealkylation sites (tertiary alicyclic amines) is 1. The SMILES string of the molecule is CCN(C(=O)c1cc(F)ccc1-c1cc([C@@H]2CCN(CC3(O)CCC(N)CC3)C2)cc2c1cnn2C)C(C)C. The van der Waals surface area contributed by atoms with Gasteiger partial charge >= 0.3 is 0 Å². The number of aliphatic hydroxyl groups is 1. The lowest BCUT2D eigenvalue weighted by Crippen LogP contribution is -2.46. The number of β-amino-alcohol motifs (C(OH)–C–C–N with tert-alkyl or cyclic N) is 1. The van der Waals surface area contributed by atoms with E-state index in [1.165, 1.54) is 17.7 Å². The normalized spacial score (nSPS) is 24.1. The molecule has 39 heavy (non-hydrogen) atoms. The van der Waals surface area contributed by atoms with Gasteiger partial charge in [0.15, 0.2) is 0 Å². The van der Waals surface area contributed by atoms with Crippen LogP contribution in [-0.2, 0) is 7.05 Å². The van der Waals surface area contributed by atoms with Gasteiger partial charge in [0.25, 0.3) is 5.91 Å². The van der Waals surface area contributed by atoms with Crippen molar-refractivity contribution in [2.24, 2.45) is 12.8 Å². The highest BCUT2D eigenvalue weighted by atomic mass is 19.1. The lowest BCUT2D eigenvalue weighted by molar-refractivity contribution is -0.0251. The number of hydrogen-bond acceptors (Lipinski definition) is 5. The number of amides is 1. The summed E-state index contributed by atoms with van der Waals surface area (Å²) in [4.78, 5) is 17.8. The standard InChI is InChI=1S/C31H42FN5O2/c1-5-37(20(2)3)30(38)27-16-23(32)6-7-25(27)26-14-22(15-29-28(26)17-34-35(29)4)21-10-13-36(18-21)19-31(39)11-8-24(33)9-12-31/h6-7,14-17,20-21,24,39H,5,8-13,18-19,33H2,1-4H3/t21-,24?,31?/m1/s1. The summed E-state index contributed by atoms with van der Waals surface area (Å²) in [5.41, 5.74) is 9.58. The number of carbonyl (C=O) groups excluding carboxylic acids is 1. The molecule has 1 saturated carbocycles. The van der Waals surface area contributed by atoms with E-state index in [-0.39, 0.29) is 18.0 Å². The number of carbonyl (C=O) groups is 1. The molecular formula is C31H42FN5O2. The van der Waals surface area contributed by atoms with Gasteiger partial charge in [-0.15, -0.1) is 0 Å². The third kappa shape index (κ3) is 5.60. The Labute approximate surface area is 230 Å². The van der Waals surface area contributed by atoms with E-state index >= 15 is 0 Å². The number of rotatable bonds is 7. The van der Waals surface area contributed by atoms with Crippen LogP contribution in [0.5, 0.6) is 0 Å². The summed E-state index contributed by atoms with van der Waals surface area (Å²) in [6.45, 7) is 8.91. The fraction of sp³-hybridized carbons (Fsp3) is 0.548. The topological polar surface area (TPSA) is 87.6 Å². The zero-order valence-corrected chi connectivity index (χ0v) is 23.7. The average molecular weight is 536 g/mol. The second kappa shape index (κ2) is 11.0. The lowest BCUT2D eigenvalue weighted by Gasteiger charge is -2.37. The first kappa shape index (κ1) is 27.7. The number of benzene rings is 2. The van der Waals surface area contributed by atoms with Gasteiger partial charge in [0.2, 0.25) is 0 Å². The Balaban J connectivity index is 1.50. The van der Waals surface area contributed by atoms with E-state index in [4.69, 9.17) is 5.73 Å². The molecular weight excluding hydrogens is 493 g/mol. The van der Waals surface area contributed by atoms with E-state index in [9.17, 15) is 14.3 Å². The van der Waals surface area contributed by atoms with Gasteiger partial charge in [0, 0.05) is 44.2 Å². The summed E-state index contributed by atoms with van der Waals surface area (Å²) >= 11 is 0. The minimum Gasteiger partial charge on any atom is -0.389 e. The van der Waals surface area contributed by atoms with Crippen LogP contribution in [0.1, 0.15) is 74.7 Å². The van der Waals surface area contributed by atoms with Gasteiger partial charge in [0.1, 0.15) is 5.82 Å². The smallest absolute Gasteiger partial charge is 0.254 e. The molecule has 2 aliphatic rings. The van der Waals surface area contributed by atoms with Crippen LogP contribution in [0, 0.1) is 5.82 Å². The molecule has 8 heteroatoms. The van der Waals surface area contributed by atoms with Crippen molar-refractivity contribution in [3.63, 3.8) is 0 Å². The Hall–Kier alpha value is -2.81. The predicted molar refractivity (Wildman–Crippen MR) is 153 cm³/mol. The molecule has 1 aliphatic heterocycles. The van der Waals surface area contributed by atoms with Gasteiger partial charge in [-0.25, -0.2) is 4.39 Å². The number of aromatic nitrogens is 2. The molecule has 1 aliphatic carbocycles. The third-order valence-electron chi connectivity index (χ3n) is 8.84. The summed E-state index contributed by atoms with van der Waals surface area (Å²) in [5.74, 6) is -0.301. The van der Waals surface area contributed by atoms with E-state index < -0.39 is 11.4 Å². The summed E-state index contributed by atoms with van der Waals surface area (Å²) < 4.78 is 16.4. The highest BCUT2D eigenvalue weighted by Crippen LogP contribution is 2.38. The zero-order valence-electron chi connectivity index (χ0n) is 23.7. The van der Waals surface area contributed by atoms with Crippen LogP contribution in [-0.4, -0.2) is 74.5 Å². The van der Waals surface area contributed by atoms with Gasteiger partial charge in [-0.3, -0.25) is 14.4 Å². The molecule has 210 valence electrons. The van der Waals surface area contributed by atoms with Gasteiger partial charge in [-0.2, -0.15) is 5.10 Å². The molecule has 3 N–H and O–H groups in total. The van der Waals surface area contributed by atoms with E-state index in [1.54, 1.807) is 11.0 Å². The van der Waals surface area contributed by atoms with Crippen molar-refractivity contribution in [2.75, 3.05) is 26.2 Å². The summed E-state index contributed by atoms with van der Waals surface area (Å²) in [6, 6.07) is 9.10. The van der Waals surface area contributed by atoms with Crippen molar-refractivity contribution in [1.29, 1.82) is 0 Å². The van der Waals surface area contributed by atoms with Crippen molar-refractivity contribution in [1.82, 2.24) is 19.6 Å². The average Bonchev–Trinajstić information content (AvgIpc) is 3.52. The predicted octanol–water partition coefficient (Wildman–Crippen LogP) is 4.67. The Bertz CT molecular complexity index is 1340. The van der Waals surface area contributed by atoms with E-state index in [2.05, 4.69) is 22.1 Å². The Morgan fingerprint density at radius 3 is 2.64 bits per heavy atom. The Kier molecular flexibility index (Phi) is 7.82. The van der Waals surface area contributed by atoms with Gasteiger partial charge in [-0.1, -0.05) is 6.07 Å². The fourth-order valence-electron chi connectivity index (χ4n) is 6.55. The second-order valence-electron chi connectivity index (χ2n) is 11.9. The Morgan fingerprint density at radius 1 is 1.21 bits per heavy atom. The number of fused-ring (bicyclic) bond motifs is 1. The molecule has 1 amide bonds. The minimum atomic E-state index is -0.660. The number of aryl methyl sites for hydroxylation is 1. The molecule has 2 aromatic carbocycles. The zero-order chi connectivity index (χ0) is 27.9. The van der Waals surface area contributed by atoms with Crippen LogP contribution in [0.15, 0.2) is 36.5 Å². The first-order valence-electron chi connectivity index (χ1n) is 14.4. The van der Waals surface area contributed by atoms with Crippen molar-refractivity contribution < 1.29 is 14.3 Å². The monoisotopic (exact) mass is 535 g/mol. The van der Waals surface area contributed by atoms with Crippen molar-refractivity contribution in [3.05, 3.63) is 53.5 Å². The van der Waals surface area contributed by atoms with Crippen molar-refractivity contribution in [2.45, 2.75) is 76.5 Å². The van der Waals surface area contributed by atoms with Gasteiger partial charge in [-0.05, 0) is 106 Å². The van der Waals surface area contributed by atoms with Crippen molar-refractivity contribution >= 4 is 16.8 Å². The molecule has 2 fully saturated rings. The highest BCUT2D eigenvalue weighted by molar-refractivity contribution is 6.05. The van der Waals surface area contributed by atoms with Gasteiger partial charge in [0.05, 0.1) is 22.9 Å². The molecule has 2 heterocycles. The summed E-state index contributed by atoms with van der Waals surface area (Å²) in [5, 5.41) is 16.6. The quantitative estimate of drug-likeness (QED) is 0.459. The number of halogens is 1. The lowest BCUT2D eigenvalue weighted by atomic mass is 9.82. The molecule has 0 radical (unpaired) electrons. The maximum Gasteiger partial charge on any atom is 0.254 e. The first-order chi connectivity index (χ1) is 18.6. The van der Waals surface area contributed by atoms with Crippen LogP contribution in [0.4, 0.5) is 4.39 Å². The van der Waals surface area contributed by atoms with Gasteiger partial charge < -0.3 is 15.7 Å². The van der Waals surface area contributed by atoms with Crippen LogP contribution in [0.25, 0.3) is 22.0 Å². The molecule has 1 saturated heterocycles. The third-order valence-corrected chi connectivity index (χ3v) is 8.84. The second-order valence-corrected chi connectivity index (χ2v) is 11.9. The number of hydrogen-bond donors (Lipinski definition) is 2. The molecule has 1 aromatic heterocycles. The van der Waals surface area contributed by atoms with Crippen molar-refractivity contribution in [3.8, 4) is 11.1 Å². The van der Waals surface area contributed by atoms with Crippen LogP contribution >= 0.6 is 0 Å². The largest absolute Gasteiger partial charge is 0.389 e. The molecule has 0 spiro atoms. The van der Waals surface area contributed by atoms with E-state index in [1.807, 2.05) is 38.7 Å². The Morgan fingerprint density at radius 2 is 1.95 bits per heavy atom. The van der Waals surface area contributed by atoms with E-state index in [0.29, 0.717) is 24.6 Å². The highest BCUT2D eigenvalue weighted by Gasteiger charge is 2.36. The summed E-state index contributed by atoms with van der Waals surface area (Å²) in [7, 11) is 1.93. The first-order valence-corrected chi connectivity index (χ1v) is 14.4. The number of nitrogens with zero attached hydrogens (tertiary/aromatic N) is 4. The maximum atomic E-state index is 14.5. The maximum absolute atomic E-state index is 14.5. The van der Waals surface area contributed by atoms with Crippen LogP contribution < -0.4 is 5.73 Å².